The molecule has 0 saturated carbocycles. The first kappa shape index (κ1) is 18.7. The summed E-state index contributed by atoms with van der Waals surface area (Å²) in [5, 5.41) is 19.7. The Morgan fingerprint density at radius 2 is 1.81 bits per heavy atom. The van der Waals surface area contributed by atoms with Crippen molar-refractivity contribution in [2.45, 2.75) is 0 Å². The minimum Gasteiger partial charge on any atom is -0.492 e. The van der Waals surface area contributed by atoms with Crippen LogP contribution in [0.3, 0.4) is 0 Å². The van der Waals surface area contributed by atoms with Gasteiger partial charge in [-0.15, -0.1) is 10.2 Å². The number of aliphatic hydroxyl groups is 1. The molecule has 3 rings (SSSR count). The summed E-state index contributed by atoms with van der Waals surface area (Å²) in [5.74, 6) is 0.964. The molecule has 0 unspecified atom stereocenters. The summed E-state index contributed by atoms with van der Waals surface area (Å²) in [6.07, 6.45) is 0. The molecule has 0 aliphatic carbocycles. The second kappa shape index (κ2) is 8.06. The highest BCUT2D eigenvalue weighted by Crippen LogP contribution is 2.19. The first-order chi connectivity index (χ1) is 13.0. The Morgan fingerprint density at radius 1 is 1.07 bits per heavy atom. The van der Waals surface area contributed by atoms with Crippen molar-refractivity contribution in [1.82, 2.24) is 29.6 Å². The van der Waals surface area contributed by atoms with E-state index in [0.29, 0.717) is 31.0 Å². The molecular weight excluding hydrogens is 352 g/mol. The average Bonchev–Trinajstić information content (AvgIpc) is 2.70. The van der Waals surface area contributed by atoms with Gasteiger partial charge in [-0.25, -0.2) is 9.78 Å². The number of aliphatic hydroxyl groups excluding tert-OH is 1. The van der Waals surface area contributed by atoms with Crippen LogP contribution in [0.15, 0.2) is 33.9 Å². The lowest BCUT2D eigenvalue weighted by Gasteiger charge is -2.08. The van der Waals surface area contributed by atoms with E-state index < -0.39 is 11.2 Å². The Bertz CT molecular complexity index is 1060. The van der Waals surface area contributed by atoms with E-state index in [-0.39, 0.29) is 23.6 Å². The molecule has 27 heavy (non-hydrogen) atoms. The second-order valence-corrected chi connectivity index (χ2v) is 5.86. The number of hydrogen-bond acceptors (Lipinski definition) is 8. The van der Waals surface area contributed by atoms with E-state index in [4.69, 9.17) is 9.84 Å². The molecule has 0 bridgehead atoms. The van der Waals surface area contributed by atoms with Crippen molar-refractivity contribution in [1.29, 1.82) is 0 Å². The SMILES string of the molecule is Cn1c(=O)c2nc(-c3ccc(OCCNCCO)cc3)nnc2n(C)c1=O. The summed E-state index contributed by atoms with van der Waals surface area (Å²) in [4.78, 5) is 28.5. The van der Waals surface area contributed by atoms with Crippen LogP contribution in [0.2, 0.25) is 0 Å². The standard InChI is InChI=1S/C17H20N6O4/c1-22-15-13(16(25)23(2)17(22)26)19-14(20-21-15)11-3-5-12(6-4-11)27-10-8-18-7-9-24/h3-6,18,24H,7-10H2,1-2H3. The molecule has 3 aromatic rings. The Balaban J connectivity index is 1.83. The van der Waals surface area contributed by atoms with E-state index in [1.54, 1.807) is 24.3 Å². The van der Waals surface area contributed by atoms with Crippen LogP contribution in [0.5, 0.6) is 5.75 Å². The monoisotopic (exact) mass is 372 g/mol. The average molecular weight is 372 g/mol. The molecule has 142 valence electrons. The van der Waals surface area contributed by atoms with Crippen molar-refractivity contribution in [2.24, 2.45) is 14.1 Å². The van der Waals surface area contributed by atoms with Gasteiger partial charge in [-0.05, 0) is 24.3 Å². The third-order valence-electron chi connectivity index (χ3n) is 4.02. The Kier molecular flexibility index (Phi) is 5.57. The lowest BCUT2D eigenvalue weighted by Crippen LogP contribution is -2.38. The van der Waals surface area contributed by atoms with E-state index in [0.717, 1.165) is 4.57 Å². The molecule has 0 aliphatic heterocycles. The van der Waals surface area contributed by atoms with Gasteiger partial charge in [0.2, 0.25) is 0 Å². The number of nitrogens with one attached hydrogen (secondary N) is 1. The van der Waals surface area contributed by atoms with E-state index in [9.17, 15) is 9.59 Å². The van der Waals surface area contributed by atoms with E-state index in [1.165, 1.54) is 18.7 Å². The summed E-state index contributed by atoms with van der Waals surface area (Å²) in [6, 6.07) is 7.08. The minimum atomic E-state index is -0.514. The number of fused-ring (bicyclic) bond motifs is 1. The molecule has 2 aromatic heterocycles. The van der Waals surface area contributed by atoms with Crippen LogP contribution < -0.4 is 21.3 Å². The van der Waals surface area contributed by atoms with Crippen molar-refractivity contribution in [3.8, 4) is 17.1 Å². The zero-order valence-corrected chi connectivity index (χ0v) is 15.0. The number of ether oxygens (including phenoxy) is 1. The molecule has 0 aliphatic rings. The Hall–Kier alpha value is -3.11. The molecule has 2 N–H and O–H groups in total. The van der Waals surface area contributed by atoms with Crippen molar-refractivity contribution in [3.63, 3.8) is 0 Å². The summed E-state index contributed by atoms with van der Waals surface area (Å²) >= 11 is 0. The van der Waals surface area contributed by atoms with Crippen LogP contribution in [-0.2, 0) is 14.1 Å². The van der Waals surface area contributed by atoms with Crippen LogP contribution in [0.4, 0.5) is 0 Å². The van der Waals surface area contributed by atoms with Gasteiger partial charge >= 0.3 is 5.69 Å². The molecule has 0 amide bonds. The van der Waals surface area contributed by atoms with Crippen LogP contribution >= 0.6 is 0 Å². The zero-order chi connectivity index (χ0) is 19.4. The molecule has 0 spiro atoms. The summed E-state index contributed by atoms with van der Waals surface area (Å²) < 4.78 is 7.81. The van der Waals surface area contributed by atoms with Crippen molar-refractivity contribution in [3.05, 3.63) is 45.1 Å². The minimum absolute atomic E-state index is 0.0832. The molecule has 1 aromatic carbocycles. The quantitative estimate of drug-likeness (QED) is 0.509. The van der Waals surface area contributed by atoms with Crippen LogP contribution in [0.25, 0.3) is 22.6 Å². The molecule has 10 heteroatoms. The predicted molar refractivity (Wildman–Crippen MR) is 98.7 cm³/mol. The van der Waals surface area contributed by atoms with Gasteiger partial charge in [0.15, 0.2) is 17.0 Å². The predicted octanol–water partition coefficient (Wildman–Crippen LogP) is -0.950. The number of aryl methyl sites for hydroxylation is 1. The van der Waals surface area contributed by atoms with Crippen LogP contribution in [-0.4, -0.2) is 55.7 Å². The fourth-order valence-electron chi connectivity index (χ4n) is 2.52. The third kappa shape index (κ3) is 3.86. The highest BCUT2D eigenvalue weighted by atomic mass is 16.5. The van der Waals surface area contributed by atoms with Gasteiger partial charge in [-0.3, -0.25) is 13.9 Å². The van der Waals surface area contributed by atoms with E-state index in [1.807, 2.05) is 0 Å². The summed E-state index contributed by atoms with van der Waals surface area (Å²) in [6.45, 7) is 1.71. The number of aromatic nitrogens is 5. The highest BCUT2D eigenvalue weighted by Gasteiger charge is 2.13. The second-order valence-electron chi connectivity index (χ2n) is 5.86. The van der Waals surface area contributed by atoms with Gasteiger partial charge in [-0.2, -0.15) is 0 Å². The van der Waals surface area contributed by atoms with E-state index >= 15 is 0 Å². The zero-order valence-electron chi connectivity index (χ0n) is 15.0. The molecule has 0 fully saturated rings. The topological polar surface area (TPSA) is 124 Å². The number of benzene rings is 1. The number of rotatable bonds is 7. The fourth-order valence-corrected chi connectivity index (χ4v) is 2.52. The normalized spacial score (nSPS) is 11.1. The van der Waals surface area contributed by atoms with Gasteiger partial charge in [0.25, 0.3) is 5.56 Å². The van der Waals surface area contributed by atoms with Crippen molar-refractivity contribution in [2.75, 3.05) is 26.3 Å². The molecule has 10 nitrogen and oxygen atoms in total. The first-order valence-corrected chi connectivity index (χ1v) is 8.38. The smallest absolute Gasteiger partial charge is 0.332 e. The molecule has 2 heterocycles. The van der Waals surface area contributed by atoms with Crippen LogP contribution in [0, 0.1) is 0 Å². The van der Waals surface area contributed by atoms with Crippen molar-refractivity contribution < 1.29 is 9.84 Å². The summed E-state index contributed by atoms with van der Waals surface area (Å²) in [5.41, 5.74) is -0.0981. The maximum atomic E-state index is 12.3. The molecule has 0 radical (unpaired) electrons. The molecule has 0 saturated heterocycles. The van der Waals surface area contributed by atoms with Crippen molar-refractivity contribution >= 4 is 11.2 Å². The summed E-state index contributed by atoms with van der Waals surface area (Å²) in [7, 11) is 2.91. The first-order valence-electron chi connectivity index (χ1n) is 8.38. The largest absolute Gasteiger partial charge is 0.492 e. The van der Waals surface area contributed by atoms with Gasteiger partial charge in [0.05, 0.1) is 6.61 Å². The van der Waals surface area contributed by atoms with Gasteiger partial charge in [-0.1, -0.05) is 0 Å². The third-order valence-corrected chi connectivity index (χ3v) is 4.02. The number of nitrogens with zero attached hydrogens (tertiary/aromatic N) is 5. The van der Waals surface area contributed by atoms with E-state index in [2.05, 4.69) is 20.5 Å². The van der Waals surface area contributed by atoms with Gasteiger partial charge in [0, 0.05) is 32.7 Å². The lowest BCUT2D eigenvalue weighted by atomic mass is 10.2. The highest BCUT2D eigenvalue weighted by molar-refractivity contribution is 5.71. The molecular formula is C17H20N6O4. The molecule has 0 atom stereocenters. The number of hydrogen-bond donors (Lipinski definition) is 2. The fraction of sp³-hybridized carbons (Fsp3) is 0.353. The maximum absolute atomic E-state index is 12.3. The lowest BCUT2D eigenvalue weighted by molar-refractivity contribution is 0.276. The Morgan fingerprint density at radius 3 is 2.52 bits per heavy atom. The maximum Gasteiger partial charge on any atom is 0.332 e. The van der Waals surface area contributed by atoms with Gasteiger partial charge < -0.3 is 15.2 Å². The van der Waals surface area contributed by atoms with Gasteiger partial charge in [0.1, 0.15) is 12.4 Å². The van der Waals surface area contributed by atoms with Crippen LogP contribution in [0.1, 0.15) is 0 Å². The Labute approximate surface area is 154 Å².